The van der Waals surface area contributed by atoms with Crippen molar-refractivity contribution in [3.05, 3.63) is 65.2 Å². The van der Waals surface area contributed by atoms with Gasteiger partial charge in [-0.15, -0.1) is 0 Å². The lowest BCUT2D eigenvalue weighted by molar-refractivity contribution is 0.151. The highest BCUT2D eigenvalue weighted by Crippen LogP contribution is 2.28. The second kappa shape index (κ2) is 6.68. The van der Waals surface area contributed by atoms with Crippen LogP contribution in [0.15, 0.2) is 48.5 Å². The minimum absolute atomic E-state index is 0.0308. The van der Waals surface area contributed by atoms with Gasteiger partial charge in [-0.05, 0) is 30.7 Å². The molecule has 0 aromatic heterocycles. The number of rotatable bonds is 5. The second-order valence-corrected chi connectivity index (χ2v) is 5.17. The van der Waals surface area contributed by atoms with Crippen molar-refractivity contribution in [2.45, 2.75) is 19.4 Å². The van der Waals surface area contributed by atoms with E-state index in [1.54, 1.807) is 6.07 Å². The largest absolute Gasteiger partial charge is 0.366 e. The molecule has 0 saturated heterocycles. The van der Waals surface area contributed by atoms with E-state index in [4.69, 9.17) is 5.73 Å². The first-order valence-electron chi connectivity index (χ1n) is 6.90. The van der Waals surface area contributed by atoms with Gasteiger partial charge in [-0.2, -0.15) is 0 Å². The number of hydrogen-bond acceptors (Lipinski definition) is 2. The third kappa shape index (κ3) is 3.58. The molecule has 0 fully saturated rings. The molecule has 0 aliphatic rings. The molecule has 0 amide bonds. The maximum atomic E-state index is 12.8. The number of hydrogen-bond donors (Lipinski definition) is 1. The standard InChI is InChI=1S/C17H20F2N2/c1-12-6-8-15(9-7-12)21(2)16(11-20)13-4-3-5-14(10-13)17(18)19/h3-10,16-17H,11,20H2,1-2H3. The van der Waals surface area contributed by atoms with Gasteiger partial charge in [-0.1, -0.05) is 35.9 Å². The van der Waals surface area contributed by atoms with E-state index in [1.807, 2.05) is 49.2 Å². The van der Waals surface area contributed by atoms with E-state index in [0.29, 0.717) is 6.54 Å². The Morgan fingerprint density at radius 1 is 1.05 bits per heavy atom. The minimum Gasteiger partial charge on any atom is -0.366 e. The van der Waals surface area contributed by atoms with Gasteiger partial charge in [0.2, 0.25) is 0 Å². The molecule has 0 aliphatic carbocycles. The summed E-state index contributed by atoms with van der Waals surface area (Å²) in [7, 11) is 1.93. The first-order valence-corrected chi connectivity index (χ1v) is 6.90. The molecule has 2 rings (SSSR count). The van der Waals surface area contributed by atoms with Gasteiger partial charge in [0.1, 0.15) is 0 Å². The maximum Gasteiger partial charge on any atom is 0.263 e. The fourth-order valence-corrected chi connectivity index (χ4v) is 2.38. The van der Waals surface area contributed by atoms with Crippen molar-refractivity contribution in [1.29, 1.82) is 0 Å². The summed E-state index contributed by atoms with van der Waals surface area (Å²) in [5, 5.41) is 0. The van der Waals surface area contributed by atoms with Crippen molar-refractivity contribution in [1.82, 2.24) is 0 Å². The van der Waals surface area contributed by atoms with Crippen LogP contribution < -0.4 is 10.6 Å². The van der Waals surface area contributed by atoms with Gasteiger partial charge in [0, 0.05) is 24.8 Å². The zero-order chi connectivity index (χ0) is 15.4. The van der Waals surface area contributed by atoms with Crippen LogP contribution in [0.4, 0.5) is 14.5 Å². The molecule has 2 aromatic carbocycles. The highest BCUT2D eigenvalue weighted by Gasteiger charge is 2.18. The first-order chi connectivity index (χ1) is 10.0. The molecule has 2 N–H and O–H groups in total. The molecule has 0 radical (unpaired) electrons. The predicted molar refractivity (Wildman–Crippen MR) is 82.8 cm³/mol. The highest BCUT2D eigenvalue weighted by molar-refractivity contribution is 5.49. The summed E-state index contributed by atoms with van der Waals surface area (Å²) in [6.07, 6.45) is -2.46. The van der Waals surface area contributed by atoms with Crippen LogP contribution in [-0.4, -0.2) is 13.6 Å². The average molecular weight is 290 g/mol. The van der Waals surface area contributed by atoms with Crippen molar-refractivity contribution in [2.24, 2.45) is 5.73 Å². The van der Waals surface area contributed by atoms with E-state index in [-0.39, 0.29) is 11.6 Å². The lowest BCUT2D eigenvalue weighted by atomic mass is 10.0. The molecule has 0 spiro atoms. The third-order valence-corrected chi connectivity index (χ3v) is 3.68. The lowest BCUT2D eigenvalue weighted by Crippen LogP contribution is -2.30. The van der Waals surface area contributed by atoms with Crippen LogP contribution in [0.1, 0.15) is 29.2 Å². The number of halogens is 2. The Kier molecular flexibility index (Phi) is 4.91. The van der Waals surface area contributed by atoms with Crippen LogP contribution in [0, 0.1) is 6.92 Å². The molecule has 2 nitrogen and oxygen atoms in total. The van der Waals surface area contributed by atoms with Gasteiger partial charge in [0.25, 0.3) is 6.43 Å². The summed E-state index contributed by atoms with van der Waals surface area (Å²) < 4.78 is 25.7. The van der Waals surface area contributed by atoms with E-state index < -0.39 is 6.43 Å². The van der Waals surface area contributed by atoms with Gasteiger partial charge in [0.15, 0.2) is 0 Å². The predicted octanol–water partition coefficient (Wildman–Crippen LogP) is 4.07. The van der Waals surface area contributed by atoms with E-state index in [9.17, 15) is 8.78 Å². The van der Waals surface area contributed by atoms with Gasteiger partial charge in [0.05, 0.1) is 6.04 Å². The number of aryl methyl sites for hydroxylation is 1. The fraction of sp³-hybridized carbons (Fsp3) is 0.294. The lowest BCUT2D eigenvalue weighted by Gasteiger charge is -2.30. The molecular formula is C17H20F2N2. The first kappa shape index (κ1) is 15.4. The molecule has 0 saturated carbocycles. The van der Waals surface area contributed by atoms with Crippen LogP contribution in [0.25, 0.3) is 0 Å². The summed E-state index contributed by atoms with van der Waals surface area (Å²) in [6, 6.07) is 14.4. The number of alkyl halides is 2. The Bertz CT molecular complexity index is 582. The van der Waals surface area contributed by atoms with Crippen molar-refractivity contribution < 1.29 is 8.78 Å². The van der Waals surface area contributed by atoms with Crippen LogP contribution >= 0.6 is 0 Å². The van der Waals surface area contributed by atoms with Crippen LogP contribution in [0.3, 0.4) is 0 Å². The number of nitrogens with two attached hydrogens (primary N) is 1. The Hall–Kier alpha value is -1.94. The van der Waals surface area contributed by atoms with Gasteiger partial charge in [-0.3, -0.25) is 0 Å². The molecule has 1 atom stereocenters. The SMILES string of the molecule is Cc1ccc(N(C)C(CN)c2cccc(C(F)F)c2)cc1. The number of nitrogens with zero attached hydrogens (tertiary/aromatic N) is 1. The maximum absolute atomic E-state index is 12.8. The molecular weight excluding hydrogens is 270 g/mol. The Morgan fingerprint density at radius 3 is 2.24 bits per heavy atom. The summed E-state index contributed by atoms with van der Waals surface area (Å²) in [4.78, 5) is 2.02. The zero-order valence-electron chi connectivity index (χ0n) is 12.3. The highest BCUT2D eigenvalue weighted by atomic mass is 19.3. The summed E-state index contributed by atoms with van der Waals surface area (Å²) >= 11 is 0. The summed E-state index contributed by atoms with van der Waals surface area (Å²) in [5.74, 6) is 0. The zero-order valence-corrected chi connectivity index (χ0v) is 12.3. The normalized spacial score (nSPS) is 12.5. The molecule has 0 heterocycles. The summed E-state index contributed by atoms with van der Waals surface area (Å²) in [6.45, 7) is 2.38. The monoisotopic (exact) mass is 290 g/mol. The van der Waals surface area contributed by atoms with Crippen molar-refractivity contribution >= 4 is 5.69 Å². The second-order valence-electron chi connectivity index (χ2n) is 5.17. The van der Waals surface area contributed by atoms with E-state index in [2.05, 4.69) is 0 Å². The molecule has 112 valence electrons. The fourth-order valence-electron chi connectivity index (χ4n) is 2.38. The molecule has 1 unspecified atom stereocenters. The van der Waals surface area contributed by atoms with Gasteiger partial charge < -0.3 is 10.6 Å². The minimum atomic E-state index is -2.46. The van der Waals surface area contributed by atoms with Crippen LogP contribution in [-0.2, 0) is 0 Å². The molecule has 21 heavy (non-hydrogen) atoms. The Balaban J connectivity index is 2.30. The van der Waals surface area contributed by atoms with E-state index >= 15 is 0 Å². The topological polar surface area (TPSA) is 29.3 Å². The molecule has 2 aromatic rings. The molecule has 4 heteroatoms. The average Bonchev–Trinajstić information content (AvgIpc) is 2.49. The van der Waals surface area contributed by atoms with Crippen molar-refractivity contribution in [3.8, 4) is 0 Å². The van der Waals surface area contributed by atoms with Crippen molar-refractivity contribution in [3.63, 3.8) is 0 Å². The molecule has 0 aliphatic heterocycles. The number of anilines is 1. The van der Waals surface area contributed by atoms with Gasteiger partial charge in [-0.25, -0.2) is 8.78 Å². The Morgan fingerprint density at radius 2 is 1.67 bits per heavy atom. The van der Waals surface area contributed by atoms with E-state index in [0.717, 1.165) is 11.3 Å². The van der Waals surface area contributed by atoms with Gasteiger partial charge >= 0.3 is 0 Å². The quantitative estimate of drug-likeness (QED) is 0.899. The van der Waals surface area contributed by atoms with E-state index in [1.165, 1.54) is 17.7 Å². The number of likely N-dealkylation sites (N-methyl/N-ethyl adjacent to an activating group) is 1. The molecule has 0 bridgehead atoms. The smallest absolute Gasteiger partial charge is 0.263 e. The van der Waals surface area contributed by atoms with Crippen LogP contribution in [0.2, 0.25) is 0 Å². The van der Waals surface area contributed by atoms with Crippen molar-refractivity contribution in [2.75, 3.05) is 18.5 Å². The number of benzene rings is 2. The Labute approximate surface area is 124 Å². The third-order valence-electron chi connectivity index (χ3n) is 3.68. The summed E-state index contributed by atoms with van der Waals surface area (Å²) in [5.41, 5.74) is 8.89. The van der Waals surface area contributed by atoms with Crippen LogP contribution in [0.5, 0.6) is 0 Å².